The standard InChI is InChI=1S/C12H21N3O2S/c1-7(2)16-10-11(13)14-18-12(10)15-5-8(3)17-9(4)6-15/h7-9H,5-6H2,1-4H3,(H2,13,14)/t8-,9+. The molecular weight excluding hydrogens is 250 g/mol. The van der Waals surface area contributed by atoms with E-state index < -0.39 is 0 Å². The molecular formula is C12H21N3O2S. The molecule has 0 saturated carbocycles. The Kier molecular flexibility index (Phi) is 3.97. The van der Waals surface area contributed by atoms with Crippen LogP contribution in [0.3, 0.4) is 0 Å². The number of hydrogen-bond acceptors (Lipinski definition) is 6. The number of morpholine rings is 1. The smallest absolute Gasteiger partial charge is 0.198 e. The van der Waals surface area contributed by atoms with Crippen molar-refractivity contribution in [2.24, 2.45) is 0 Å². The summed E-state index contributed by atoms with van der Waals surface area (Å²) in [5.74, 6) is 1.20. The van der Waals surface area contributed by atoms with Gasteiger partial charge in [0.2, 0.25) is 0 Å². The number of ether oxygens (including phenoxy) is 2. The highest BCUT2D eigenvalue weighted by Crippen LogP contribution is 2.39. The normalized spacial score (nSPS) is 24.6. The van der Waals surface area contributed by atoms with Gasteiger partial charge < -0.3 is 20.1 Å². The minimum atomic E-state index is 0.0957. The molecule has 2 rings (SSSR count). The van der Waals surface area contributed by atoms with E-state index in [4.69, 9.17) is 15.2 Å². The Hall–Kier alpha value is -1.01. The van der Waals surface area contributed by atoms with Crippen LogP contribution in [0.1, 0.15) is 27.7 Å². The van der Waals surface area contributed by atoms with Crippen molar-refractivity contribution >= 4 is 22.4 Å². The molecule has 18 heavy (non-hydrogen) atoms. The molecule has 5 nitrogen and oxygen atoms in total. The van der Waals surface area contributed by atoms with Crippen LogP contribution in [0, 0.1) is 0 Å². The van der Waals surface area contributed by atoms with E-state index >= 15 is 0 Å². The number of anilines is 2. The Morgan fingerprint density at radius 2 is 2.00 bits per heavy atom. The molecule has 1 saturated heterocycles. The van der Waals surface area contributed by atoms with Crippen LogP contribution in [-0.2, 0) is 4.74 Å². The van der Waals surface area contributed by atoms with Crippen LogP contribution in [0.2, 0.25) is 0 Å². The summed E-state index contributed by atoms with van der Waals surface area (Å²) in [4.78, 5) is 2.25. The number of rotatable bonds is 3. The van der Waals surface area contributed by atoms with E-state index in [1.165, 1.54) is 11.5 Å². The lowest BCUT2D eigenvalue weighted by molar-refractivity contribution is -0.00515. The maximum Gasteiger partial charge on any atom is 0.198 e. The van der Waals surface area contributed by atoms with Crippen LogP contribution in [0.15, 0.2) is 0 Å². The van der Waals surface area contributed by atoms with Gasteiger partial charge in [0, 0.05) is 13.1 Å². The predicted molar refractivity (Wildman–Crippen MR) is 74.5 cm³/mol. The van der Waals surface area contributed by atoms with Crippen LogP contribution in [0.4, 0.5) is 10.8 Å². The van der Waals surface area contributed by atoms with E-state index in [0.29, 0.717) is 5.82 Å². The van der Waals surface area contributed by atoms with E-state index in [-0.39, 0.29) is 18.3 Å². The monoisotopic (exact) mass is 271 g/mol. The van der Waals surface area contributed by atoms with Gasteiger partial charge in [-0.1, -0.05) is 0 Å². The molecule has 1 aliphatic rings. The van der Waals surface area contributed by atoms with Gasteiger partial charge in [0.15, 0.2) is 16.6 Å². The predicted octanol–water partition coefficient (Wildman–Crippen LogP) is 2.13. The third-order valence-corrected chi connectivity index (χ3v) is 3.62. The molecule has 2 atom stereocenters. The van der Waals surface area contributed by atoms with Gasteiger partial charge in [0.25, 0.3) is 0 Å². The first kappa shape index (κ1) is 13.4. The molecule has 2 heterocycles. The van der Waals surface area contributed by atoms with Crippen LogP contribution in [0.5, 0.6) is 5.75 Å². The SMILES string of the molecule is CC(C)Oc1c(N)nsc1N1C[C@@H](C)O[C@@H](C)C1. The van der Waals surface area contributed by atoms with Crippen molar-refractivity contribution in [2.45, 2.75) is 46.0 Å². The summed E-state index contributed by atoms with van der Waals surface area (Å²) >= 11 is 1.40. The van der Waals surface area contributed by atoms with Crippen LogP contribution < -0.4 is 15.4 Å². The summed E-state index contributed by atoms with van der Waals surface area (Å²) in [7, 11) is 0. The highest BCUT2D eigenvalue weighted by atomic mass is 32.1. The molecule has 6 heteroatoms. The van der Waals surface area contributed by atoms with Gasteiger partial charge in [0.05, 0.1) is 18.3 Å². The third kappa shape index (κ3) is 2.87. The maximum atomic E-state index is 5.88. The molecule has 1 aromatic rings. The molecule has 1 fully saturated rings. The van der Waals surface area contributed by atoms with Crippen LogP contribution >= 0.6 is 11.5 Å². The molecule has 0 spiro atoms. The fraction of sp³-hybridized carbons (Fsp3) is 0.750. The molecule has 1 aromatic heterocycles. The molecule has 0 radical (unpaired) electrons. The van der Waals surface area contributed by atoms with Gasteiger partial charge in [-0.2, -0.15) is 4.37 Å². The molecule has 0 unspecified atom stereocenters. The number of hydrogen-bond donors (Lipinski definition) is 1. The lowest BCUT2D eigenvalue weighted by Crippen LogP contribution is -2.45. The Morgan fingerprint density at radius 1 is 1.39 bits per heavy atom. The summed E-state index contributed by atoms with van der Waals surface area (Å²) < 4.78 is 15.7. The summed E-state index contributed by atoms with van der Waals surface area (Å²) in [5.41, 5.74) is 5.88. The van der Waals surface area contributed by atoms with E-state index in [0.717, 1.165) is 23.8 Å². The zero-order chi connectivity index (χ0) is 13.3. The largest absolute Gasteiger partial charge is 0.484 e. The van der Waals surface area contributed by atoms with Gasteiger partial charge in [-0.25, -0.2) is 0 Å². The summed E-state index contributed by atoms with van der Waals surface area (Å²) in [5, 5.41) is 1.02. The van der Waals surface area contributed by atoms with Crippen molar-refractivity contribution in [1.29, 1.82) is 0 Å². The lowest BCUT2D eigenvalue weighted by atomic mass is 10.2. The molecule has 0 bridgehead atoms. The van der Waals surface area contributed by atoms with Crippen molar-refractivity contribution in [3.63, 3.8) is 0 Å². The Labute approximate surface area is 112 Å². The number of nitrogens with zero attached hydrogens (tertiary/aromatic N) is 2. The first-order valence-electron chi connectivity index (χ1n) is 6.29. The lowest BCUT2D eigenvalue weighted by Gasteiger charge is -2.36. The minimum Gasteiger partial charge on any atom is -0.484 e. The first-order valence-corrected chi connectivity index (χ1v) is 7.07. The highest BCUT2D eigenvalue weighted by molar-refractivity contribution is 7.11. The topological polar surface area (TPSA) is 60.6 Å². The highest BCUT2D eigenvalue weighted by Gasteiger charge is 2.27. The van der Waals surface area contributed by atoms with Crippen molar-refractivity contribution in [3.8, 4) is 5.75 Å². The van der Waals surface area contributed by atoms with Crippen molar-refractivity contribution in [2.75, 3.05) is 23.7 Å². The summed E-state index contributed by atoms with van der Waals surface area (Å²) in [6, 6.07) is 0. The Balaban J connectivity index is 2.21. The summed E-state index contributed by atoms with van der Waals surface area (Å²) in [6.45, 7) is 9.84. The average Bonchev–Trinajstić information content (AvgIpc) is 2.58. The van der Waals surface area contributed by atoms with E-state index in [2.05, 4.69) is 23.1 Å². The van der Waals surface area contributed by atoms with Crippen LogP contribution in [0.25, 0.3) is 0 Å². The molecule has 1 aliphatic heterocycles. The second-order valence-corrected chi connectivity index (χ2v) is 5.78. The van der Waals surface area contributed by atoms with Crippen LogP contribution in [-0.4, -0.2) is 35.8 Å². The number of nitrogens with two attached hydrogens (primary N) is 1. The van der Waals surface area contributed by atoms with Crippen molar-refractivity contribution in [1.82, 2.24) is 4.37 Å². The average molecular weight is 271 g/mol. The molecule has 0 aliphatic carbocycles. The Bertz CT molecular complexity index is 398. The molecule has 0 aromatic carbocycles. The zero-order valence-electron chi connectivity index (χ0n) is 11.3. The fourth-order valence-electron chi connectivity index (χ4n) is 2.18. The maximum absolute atomic E-state index is 5.88. The van der Waals surface area contributed by atoms with E-state index in [1.807, 2.05) is 13.8 Å². The van der Waals surface area contributed by atoms with Gasteiger partial charge in [-0.3, -0.25) is 0 Å². The number of nitrogen functional groups attached to an aromatic ring is 1. The van der Waals surface area contributed by atoms with Gasteiger partial charge >= 0.3 is 0 Å². The quantitative estimate of drug-likeness (QED) is 0.912. The molecule has 0 amide bonds. The van der Waals surface area contributed by atoms with Crippen molar-refractivity contribution in [3.05, 3.63) is 0 Å². The fourth-order valence-corrected chi connectivity index (χ4v) is 2.94. The van der Waals surface area contributed by atoms with Gasteiger partial charge in [-0.15, -0.1) is 0 Å². The van der Waals surface area contributed by atoms with Gasteiger partial charge in [-0.05, 0) is 39.2 Å². The number of aromatic nitrogens is 1. The van der Waals surface area contributed by atoms with Gasteiger partial charge in [0.1, 0.15) is 0 Å². The molecule has 2 N–H and O–H groups in total. The van der Waals surface area contributed by atoms with E-state index in [1.54, 1.807) is 0 Å². The first-order chi connectivity index (χ1) is 8.47. The van der Waals surface area contributed by atoms with E-state index in [9.17, 15) is 0 Å². The second-order valence-electron chi connectivity index (χ2n) is 5.03. The van der Waals surface area contributed by atoms with Crippen molar-refractivity contribution < 1.29 is 9.47 Å². The second kappa shape index (κ2) is 5.32. The molecule has 102 valence electrons. The zero-order valence-corrected chi connectivity index (χ0v) is 12.2. The summed E-state index contributed by atoms with van der Waals surface area (Å²) in [6.07, 6.45) is 0.520. The minimum absolute atomic E-state index is 0.0957. The third-order valence-electron chi connectivity index (χ3n) is 2.72. The Morgan fingerprint density at radius 3 is 2.56 bits per heavy atom.